The third-order valence-corrected chi connectivity index (χ3v) is 4.05. The fraction of sp³-hybridized carbons (Fsp3) is 0.353. The molecule has 0 spiro atoms. The van der Waals surface area contributed by atoms with E-state index in [1.54, 1.807) is 4.68 Å². The fourth-order valence-electron chi connectivity index (χ4n) is 2.92. The Morgan fingerprint density at radius 2 is 2.08 bits per heavy atom. The number of benzene rings is 1. The molecule has 1 aliphatic rings. The van der Waals surface area contributed by atoms with Gasteiger partial charge in [0.1, 0.15) is 17.7 Å². The molecule has 1 aromatic heterocycles. The molecule has 1 aromatic carbocycles. The quantitative estimate of drug-likeness (QED) is 0.936. The van der Waals surface area contributed by atoms with Gasteiger partial charge in [0.25, 0.3) is 0 Å². The summed E-state index contributed by atoms with van der Waals surface area (Å²) in [4.78, 5) is 26.6. The Hall–Kier alpha value is -2.70. The van der Waals surface area contributed by atoms with Crippen molar-refractivity contribution in [2.75, 3.05) is 10.2 Å². The number of aromatic nitrogens is 2. The fourth-order valence-corrected chi connectivity index (χ4v) is 2.92. The molecular formula is C17H19FN4O2. The molecule has 0 saturated heterocycles. The largest absolute Gasteiger partial charge is 0.324 e. The summed E-state index contributed by atoms with van der Waals surface area (Å²) < 4.78 is 14.7. The van der Waals surface area contributed by atoms with Crippen molar-refractivity contribution in [3.05, 3.63) is 41.8 Å². The van der Waals surface area contributed by atoms with E-state index in [0.29, 0.717) is 30.9 Å². The minimum atomic E-state index is -0.641. The zero-order valence-corrected chi connectivity index (χ0v) is 13.6. The van der Waals surface area contributed by atoms with Crippen LogP contribution in [0, 0.1) is 12.7 Å². The molecule has 1 N–H and O–H groups in total. The van der Waals surface area contributed by atoms with Crippen LogP contribution in [-0.4, -0.2) is 27.6 Å². The Morgan fingerprint density at radius 3 is 2.75 bits per heavy atom. The molecule has 2 heterocycles. The average Bonchev–Trinajstić information content (AvgIpc) is 2.93. The van der Waals surface area contributed by atoms with Crippen LogP contribution >= 0.6 is 0 Å². The van der Waals surface area contributed by atoms with Gasteiger partial charge in [-0.3, -0.25) is 14.5 Å². The number of anilines is 2. The topological polar surface area (TPSA) is 67.2 Å². The van der Waals surface area contributed by atoms with Crippen LogP contribution in [0.4, 0.5) is 15.9 Å². The van der Waals surface area contributed by atoms with Crippen molar-refractivity contribution in [1.82, 2.24) is 9.78 Å². The van der Waals surface area contributed by atoms with Crippen molar-refractivity contribution in [3.8, 4) is 0 Å². The zero-order valence-electron chi connectivity index (χ0n) is 13.6. The molecule has 1 atom stereocenters. The van der Waals surface area contributed by atoms with E-state index in [9.17, 15) is 14.0 Å². The number of rotatable bonds is 4. The lowest BCUT2D eigenvalue weighted by atomic mass is 10.1. The summed E-state index contributed by atoms with van der Waals surface area (Å²) in [6.07, 6.45) is 0.775. The van der Waals surface area contributed by atoms with E-state index >= 15 is 0 Å². The van der Waals surface area contributed by atoms with Crippen molar-refractivity contribution >= 4 is 23.3 Å². The molecule has 0 saturated carbocycles. The van der Waals surface area contributed by atoms with Gasteiger partial charge in [-0.1, -0.05) is 6.92 Å². The van der Waals surface area contributed by atoms with E-state index in [4.69, 9.17) is 0 Å². The molecule has 0 bridgehead atoms. The molecule has 2 amide bonds. The van der Waals surface area contributed by atoms with E-state index < -0.39 is 6.04 Å². The normalized spacial score (nSPS) is 15.1. The first-order valence-electron chi connectivity index (χ1n) is 7.92. The number of halogens is 1. The molecule has 2 aromatic rings. The molecular weight excluding hydrogens is 311 g/mol. The third-order valence-electron chi connectivity index (χ3n) is 4.05. The maximum atomic E-state index is 13.0. The summed E-state index contributed by atoms with van der Waals surface area (Å²) in [5, 5.41) is 7.10. The molecule has 7 heteroatoms. The summed E-state index contributed by atoms with van der Waals surface area (Å²) in [5.41, 5.74) is 1.30. The Bertz CT molecular complexity index is 769. The minimum Gasteiger partial charge on any atom is -0.324 e. The molecule has 3 rings (SSSR count). The maximum absolute atomic E-state index is 13.0. The molecule has 0 aliphatic carbocycles. The van der Waals surface area contributed by atoms with Gasteiger partial charge >= 0.3 is 0 Å². The highest BCUT2D eigenvalue weighted by Gasteiger charge is 2.34. The number of hydrogen-bond donors (Lipinski definition) is 1. The number of nitrogens with zero attached hydrogens (tertiary/aromatic N) is 3. The summed E-state index contributed by atoms with van der Waals surface area (Å²) >= 11 is 0. The van der Waals surface area contributed by atoms with Crippen molar-refractivity contribution < 1.29 is 14.0 Å². The predicted octanol–water partition coefficient (Wildman–Crippen LogP) is 2.48. The second-order valence-corrected chi connectivity index (χ2v) is 5.80. The highest BCUT2D eigenvalue weighted by Crippen LogP contribution is 2.26. The predicted molar refractivity (Wildman–Crippen MR) is 88.2 cm³/mol. The monoisotopic (exact) mass is 330 g/mol. The number of nitrogens with one attached hydrogen (secondary N) is 1. The summed E-state index contributed by atoms with van der Waals surface area (Å²) in [7, 11) is 0. The number of carbonyl (C=O) groups excluding carboxylic acids is 2. The second kappa shape index (κ2) is 6.43. The number of aryl methyl sites for hydroxylation is 2. The summed E-state index contributed by atoms with van der Waals surface area (Å²) in [6.45, 7) is 4.23. The minimum absolute atomic E-state index is 0.0940. The Kier molecular flexibility index (Phi) is 4.33. The average molecular weight is 330 g/mol. The molecule has 24 heavy (non-hydrogen) atoms. The van der Waals surface area contributed by atoms with Gasteiger partial charge in [0.15, 0.2) is 0 Å². The van der Waals surface area contributed by atoms with E-state index in [-0.39, 0.29) is 17.6 Å². The Balaban J connectivity index is 1.86. The van der Waals surface area contributed by atoms with Crippen LogP contribution in [0.1, 0.15) is 25.5 Å². The van der Waals surface area contributed by atoms with Gasteiger partial charge in [0, 0.05) is 18.2 Å². The second-order valence-electron chi connectivity index (χ2n) is 5.80. The van der Waals surface area contributed by atoms with Crippen LogP contribution < -0.4 is 10.2 Å². The van der Waals surface area contributed by atoms with Gasteiger partial charge < -0.3 is 5.32 Å². The van der Waals surface area contributed by atoms with Gasteiger partial charge in [-0.05, 0) is 37.6 Å². The van der Waals surface area contributed by atoms with Gasteiger partial charge in [-0.2, -0.15) is 5.10 Å². The highest BCUT2D eigenvalue weighted by atomic mass is 19.1. The lowest BCUT2D eigenvalue weighted by molar-refractivity contribution is -0.124. The highest BCUT2D eigenvalue weighted by molar-refractivity contribution is 6.05. The first-order valence-corrected chi connectivity index (χ1v) is 7.92. The van der Waals surface area contributed by atoms with Crippen LogP contribution in [0.25, 0.3) is 0 Å². The first-order chi connectivity index (χ1) is 11.5. The van der Waals surface area contributed by atoms with Gasteiger partial charge in [0.2, 0.25) is 11.8 Å². The summed E-state index contributed by atoms with van der Waals surface area (Å²) in [6, 6.07) is 6.71. The van der Waals surface area contributed by atoms with E-state index in [0.717, 1.165) is 5.69 Å². The molecule has 126 valence electrons. The number of amides is 2. The van der Waals surface area contributed by atoms with E-state index in [2.05, 4.69) is 10.4 Å². The van der Waals surface area contributed by atoms with Crippen molar-refractivity contribution in [2.24, 2.45) is 0 Å². The Morgan fingerprint density at radius 1 is 1.38 bits per heavy atom. The molecule has 0 radical (unpaired) electrons. The molecule has 6 nitrogen and oxygen atoms in total. The number of carbonyl (C=O) groups is 2. The number of hydrogen-bond acceptors (Lipinski definition) is 3. The maximum Gasteiger partial charge on any atom is 0.247 e. The SMILES string of the molecule is CCC(C(=O)Nc1ccc(F)cc1)N1C(=O)CCn2nc(C)cc21. The first kappa shape index (κ1) is 16.2. The van der Waals surface area contributed by atoms with Crippen LogP contribution in [0.3, 0.4) is 0 Å². The van der Waals surface area contributed by atoms with E-state index in [1.807, 2.05) is 19.9 Å². The lowest BCUT2D eigenvalue weighted by Gasteiger charge is -2.33. The lowest BCUT2D eigenvalue weighted by Crippen LogP contribution is -2.50. The van der Waals surface area contributed by atoms with Crippen molar-refractivity contribution in [2.45, 2.75) is 39.3 Å². The smallest absolute Gasteiger partial charge is 0.247 e. The summed E-state index contributed by atoms with van der Waals surface area (Å²) in [5.74, 6) is -0.122. The van der Waals surface area contributed by atoms with Crippen LogP contribution in [0.15, 0.2) is 30.3 Å². The molecule has 0 fully saturated rings. The molecule has 1 aliphatic heterocycles. The van der Waals surface area contributed by atoms with Crippen LogP contribution in [-0.2, 0) is 16.1 Å². The van der Waals surface area contributed by atoms with Crippen LogP contribution in [0.5, 0.6) is 0 Å². The van der Waals surface area contributed by atoms with Crippen molar-refractivity contribution in [1.29, 1.82) is 0 Å². The Labute approximate surface area is 139 Å². The standard InChI is InChI=1S/C17H19FN4O2/c1-3-14(17(24)19-13-6-4-12(18)5-7-13)22-15-10-11(2)20-21(15)9-8-16(22)23/h4-7,10,14H,3,8-9H2,1-2H3,(H,19,24). The molecule has 1 unspecified atom stereocenters. The van der Waals surface area contributed by atoms with Gasteiger partial charge in [0.05, 0.1) is 12.2 Å². The van der Waals surface area contributed by atoms with Gasteiger partial charge in [-0.25, -0.2) is 9.07 Å². The third kappa shape index (κ3) is 3.02. The van der Waals surface area contributed by atoms with Crippen LogP contribution in [0.2, 0.25) is 0 Å². The van der Waals surface area contributed by atoms with Crippen molar-refractivity contribution in [3.63, 3.8) is 0 Å². The van der Waals surface area contributed by atoms with E-state index in [1.165, 1.54) is 29.2 Å². The number of fused-ring (bicyclic) bond motifs is 1. The van der Waals surface area contributed by atoms with Gasteiger partial charge in [-0.15, -0.1) is 0 Å². The zero-order chi connectivity index (χ0) is 17.3.